The van der Waals surface area contributed by atoms with Crippen LogP contribution in [0.2, 0.25) is 0 Å². The van der Waals surface area contributed by atoms with E-state index in [2.05, 4.69) is 32.2 Å². The molecule has 0 heterocycles. The number of unbranched alkanes of at least 4 members (excludes halogenated alkanes) is 9. The minimum absolute atomic E-state index is 0.149. The van der Waals surface area contributed by atoms with Crippen LogP contribution in [0.4, 0.5) is 0 Å². The second-order valence-corrected chi connectivity index (χ2v) is 7.00. The first-order valence-electron chi connectivity index (χ1n) is 7.82. The van der Waals surface area contributed by atoms with Crippen LogP contribution in [0.3, 0.4) is 0 Å². The lowest BCUT2D eigenvalue weighted by molar-refractivity contribution is 0.556. The van der Waals surface area contributed by atoms with Gasteiger partial charge in [-0.05, 0) is 18.4 Å². The molecule has 110 valence electrons. The molecule has 0 aromatic rings. The Labute approximate surface area is 135 Å². The fourth-order valence-corrected chi connectivity index (χ4v) is 3.71. The molecule has 19 heavy (non-hydrogen) atoms. The average molecular weight is 317 g/mol. The fourth-order valence-electron chi connectivity index (χ4n) is 2.54. The predicted molar refractivity (Wildman–Crippen MR) is 97.8 cm³/mol. The minimum Gasteiger partial charge on any atom is -0.165 e. The van der Waals surface area contributed by atoms with Crippen molar-refractivity contribution in [2.24, 2.45) is 0 Å². The third-order valence-electron chi connectivity index (χ3n) is 3.89. The maximum atomic E-state index is 5.29. The normalized spacial score (nSPS) is 18.9. The molecule has 0 nitrogen and oxygen atoms in total. The van der Waals surface area contributed by atoms with Gasteiger partial charge in [-0.3, -0.25) is 0 Å². The number of hydrogen-bond donors (Lipinski definition) is 2. The Morgan fingerprint density at radius 3 is 1.84 bits per heavy atom. The summed E-state index contributed by atoms with van der Waals surface area (Å²) < 4.78 is 0. The number of rotatable bonds is 11. The zero-order valence-corrected chi connectivity index (χ0v) is 14.8. The van der Waals surface area contributed by atoms with Crippen molar-refractivity contribution in [3.8, 4) is 0 Å². The van der Waals surface area contributed by atoms with E-state index in [1.807, 2.05) is 0 Å². The van der Waals surface area contributed by atoms with Crippen molar-refractivity contribution in [2.75, 3.05) is 0 Å². The Kier molecular flexibility index (Phi) is 9.52. The van der Waals surface area contributed by atoms with Crippen LogP contribution in [-0.2, 0) is 0 Å². The van der Waals surface area contributed by atoms with Gasteiger partial charge in [-0.2, -0.15) is 12.6 Å². The summed E-state index contributed by atoms with van der Waals surface area (Å²) in [6, 6.07) is 0. The van der Waals surface area contributed by atoms with E-state index in [0.29, 0.717) is 0 Å². The molecule has 1 aliphatic carbocycles. The van der Waals surface area contributed by atoms with Crippen molar-refractivity contribution < 1.29 is 0 Å². The van der Waals surface area contributed by atoms with Gasteiger partial charge in [-0.15, -0.1) is 12.6 Å². The summed E-state index contributed by atoms with van der Waals surface area (Å²) in [4.78, 5) is 2.15. The summed E-state index contributed by atoms with van der Waals surface area (Å²) >= 11 is 14.1. The van der Waals surface area contributed by atoms with Crippen molar-refractivity contribution >= 4 is 42.3 Å². The first-order valence-corrected chi connectivity index (χ1v) is 9.20. The highest BCUT2D eigenvalue weighted by atomic mass is 32.1. The van der Waals surface area contributed by atoms with E-state index in [-0.39, 0.29) is 5.25 Å². The molecule has 0 bridgehead atoms. The smallest absolute Gasteiger partial charge is 0.0681 e. The van der Waals surface area contributed by atoms with E-state index in [1.165, 1.54) is 69.8 Å². The highest BCUT2D eigenvalue weighted by Gasteiger charge is 2.29. The summed E-state index contributed by atoms with van der Waals surface area (Å²) in [6.07, 6.45) is 14.9. The molecule has 0 unspecified atom stereocenters. The van der Waals surface area contributed by atoms with Crippen molar-refractivity contribution in [1.29, 1.82) is 0 Å². The maximum absolute atomic E-state index is 5.29. The SMILES string of the molecule is CCCCCCCCCCCCC1=C(S)[C@@H](S)C1=S. The second-order valence-electron chi connectivity index (χ2n) is 5.56. The fraction of sp³-hybridized carbons (Fsp3) is 0.812. The molecule has 0 saturated carbocycles. The molecule has 0 saturated heterocycles. The van der Waals surface area contributed by atoms with E-state index < -0.39 is 0 Å². The molecule has 1 atom stereocenters. The van der Waals surface area contributed by atoms with Crippen LogP contribution in [0, 0.1) is 0 Å². The monoisotopic (exact) mass is 316 g/mol. The average Bonchev–Trinajstić information content (AvgIpc) is 2.43. The molecule has 0 aliphatic heterocycles. The number of thiocarbonyl (C=S) groups is 1. The standard InChI is InChI=1S/C16H28S3/c1-2-3-4-5-6-7-8-9-10-11-12-13-14(17)16(19)15(13)18/h16-17,19H,2-12H2,1H3/t16-/m1/s1. The number of thiol groups is 2. The molecule has 3 heteroatoms. The van der Waals surface area contributed by atoms with Gasteiger partial charge < -0.3 is 0 Å². The van der Waals surface area contributed by atoms with Crippen molar-refractivity contribution in [3.63, 3.8) is 0 Å². The summed E-state index contributed by atoms with van der Waals surface area (Å²) in [5, 5.41) is 0.149. The molecule has 0 aromatic carbocycles. The first kappa shape index (κ1) is 17.6. The largest absolute Gasteiger partial charge is 0.165 e. The van der Waals surface area contributed by atoms with Crippen LogP contribution in [0.25, 0.3) is 0 Å². The van der Waals surface area contributed by atoms with Crippen LogP contribution in [0.1, 0.15) is 77.6 Å². The summed E-state index contributed by atoms with van der Waals surface area (Å²) in [7, 11) is 0. The first-order chi connectivity index (χ1) is 9.18. The van der Waals surface area contributed by atoms with Crippen LogP contribution in [-0.4, -0.2) is 10.1 Å². The predicted octanol–water partition coefficient (Wildman–Crippen LogP) is 6.16. The molecule has 0 spiro atoms. The molecular formula is C16H28S3. The third kappa shape index (κ3) is 6.22. The summed E-state index contributed by atoms with van der Waals surface area (Å²) in [5.74, 6) is 0. The van der Waals surface area contributed by atoms with E-state index in [4.69, 9.17) is 12.2 Å². The zero-order valence-electron chi connectivity index (χ0n) is 12.2. The Bertz CT molecular complexity index is 307. The van der Waals surface area contributed by atoms with E-state index in [9.17, 15) is 0 Å². The van der Waals surface area contributed by atoms with Crippen LogP contribution < -0.4 is 0 Å². The van der Waals surface area contributed by atoms with E-state index in [0.717, 1.165) is 16.2 Å². The minimum atomic E-state index is 0.149. The Morgan fingerprint density at radius 2 is 1.37 bits per heavy atom. The lowest BCUT2D eigenvalue weighted by Crippen LogP contribution is -2.27. The van der Waals surface area contributed by atoms with Gasteiger partial charge in [0.2, 0.25) is 0 Å². The Morgan fingerprint density at radius 1 is 0.895 bits per heavy atom. The summed E-state index contributed by atoms with van der Waals surface area (Å²) in [6.45, 7) is 2.27. The molecule has 0 amide bonds. The molecule has 1 rings (SSSR count). The molecular weight excluding hydrogens is 288 g/mol. The quantitative estimate of drug-likeness (QED) is 0.261. The van der Waals surface area contributed by atoms with Gasteiger partial charge in [0.15, 0.2) is 0 Å². The number of allylic oxidation sites excluding steroid dienone is 1. The van der Waals surface area contributed by atoms with E-state index in [1.54, 1.807) is 0 Å². The van der Waals surface area contributed by atoms with E-state index >= 15 is 0 Å². The van der Waals surface area contributed by atoms with Crippen molar-refractivity contribution in [3.05, 3.63) is 10.5 Å². The lowest BCUT2D eigenvalue weighted by Gasteiger charge is -2.28. The maximum Gasteiger partial charge on any atom is 0.0681 e. The van der Waals surface area contributed by atoms with Crippen LogP contribution in [0.5, 0.6) is 0 Å². The number of hydrogen-bond acceptors (Lipinski definition) is 3. The van der Waals surface area contributed by atoms with Gasteiger partial charge in [0, 0.05) is 9.77 Å². The van der Waals surface area contributed by atoms with Gasteiger partial charge in [-0.25, -0.2) is 0 Å². The third-order valence-corrected chi connectivity index (χ3v) is 5.80. The Balaban J connectivity index is 1.88. The molecule has 0 radical (unpaired) electrons. The van der Waals surface area contributed by atoms with Crippen molar-refractivity contribution in [1.82, 2.24) is 0 Å². The molecule has 0 aromatic heterocycles. The molecule has 0 fully saturated rings. The topological polar surface area (TPSA) is 0 Å². The highest BCUT2D eigenvalue weighted by Crippen LogP contribution is 2.36. The molecule has 1 aliphatic rings. The van der Waals surface area contributed by atoms with Gasteiger partial charge >= 0.3 is 0 Å². The zero-order chi connectivity index (χ0) is 14.1. The van der Waals surface area contributed by atoms with Crippen LogP contribution in [0.15, 0.2) is 10.5 Å². The van der Waals surface area contributed by atoms with Gasteiger partial charge in [0.25, 0.3) is 0 Å². The van der Waals surface area contributed by atoms with Gasteiger partial charge in [0.05, 0.1) is 5.25 Å². The second kappa shape index (κ2) is 10.3. The highest BCUT2D eigenvalue weighted by molar-refractivity contribution is 7.92. The Hall–Kier alpha value is 0.530. The van der Waals surface area contributed by atoms with Gasteiger partial charge in [-0.1, -0.05) is 76.9 Å². The van der Waals surface area contributed by atoms with Gasteiger partial charge in [0.1, 0.15) is 0 Å². The van der Waals surface area contributed by atoms with Crippen LogP contribution >= 0.6 is 37.5 Å². The summed E-state index contributed by atoms with van der Waals surface area (Å²) in [5.41, 5.74) is 1.30. The molecule has 0 N–H and O–H groups in total. The van der Waals surface area contributed by atoms with Crippen molar-refractivity contribution in [2.45, 2.75) is 82.8 Å². The lowest BCUT2D eigenvalue weighted by atomic mass is 9.92.